The summed E-state index contributed by atoms with van der Waals surface area (Å²) in [5, 5.41) is 8.02. The summed E-state index contributed by atoms with van der Waals surface area (Å²) in [7, 11) is 1.71. The highest BCUT2D eigenvalue weighted by atomic mass is 16.2. The van der Waals surface area contributed by atoms with Crippen LogP contribution in [-0.2, 0) is 25.6 Å². The Morgan fingerprint density at radius 1 is 0.933 bits per heavy atom. The monoisotopic (exact) mass is 410 g/mol. The number of nitrogens with zero attached hydrogens (tertiary/aromatic N) is 1. The molecule has 0 fully saturated rings. The average Bonchev–Trinajstić information content (AvgIpc) is 2.78. The molecule has 0 heterocycles. The number of carbonyl (C=O) groups is 4. The molecule has 0 aromatic heterocycles. The number of anilines is 2. The van der Waals surface area contributed by atoms with Gasteiger partial charge in [0.25, 0.3) is 0 Å². The molecule has 2 aromatic rings. The third-order valence-electron chi connectivity index (χ3n) is 4.37. The van der Waals surface area contributed by atoms with Gasteiger partial charge in [-0.1, -0.05) is 42.5 Å². The third-order valence-corrected chi connectivity index (χ3v) is 4.37. The van der Waals surface area contributed by atoms with E-state index in [0.29, 0.717) is 24.1 Å². The van der Waals surface area contributed by atoms with Gasteiger partial charge in [-0.2, -0.15) is 0 Å². The first-order valence-corrected chi connectivity index (χ1v) is 9.63. The number of aldehydes is 1. The van der Waals surface area contributed by atoms with Crippen LogP contribution in [0.4, 0.5) is 11.4 Å². The van der Waals surface area contributed by atoms with Gasteiger partial charge in [-0.25, -0.2) is 0 Å². The minimum atomic E-state index is -0.475. The lowest BCUT2D eigenvalue weighted by atomic mass is 10.1. The first-order valence-electron chi connectivity index (χ1n) is 9.63. The Kier molecular flexibility index (Phi) is 9.05. The fourth-order valence-corrected chi connectivity index (χ4v) is 2.84. The summed E-state index contributed by atoms with van der Waals surface area (Å²) in [4.78, 5) is 48.9. The average molecular weight is 410 g/mol. The Hall–Kier alpha value is -3.68. The van der Waals surface area contributed by atoms with Crippen molar-refractivity contribution in [3.63, 3.8) is 0 Å². The van der Waals surface area contributed by atoms with Gasteiger partial charge in [0.1, 0.15) is 12.8 Å². The maximum atomic E-state index is 12.8. The molecule has 0 unspecified atom stereocenters. The van der Waals surface area contributed by atoms with Crippen LogP contribution < -0.4 is 20.9 Å². The molecular formula is C22H26N4O4. The highest BCUT2D eigenvalue weighted by Gasteiger charge is 2.21. The standard InChI is InChI=1S/C22H26N4O4/c1-23-18-9-5-6-10-19(18)26(16-21(29)24-13-14-27)22(30)15-25-20(28)12-11-17-7-3-2-4-8-17/h2-10,14,23H,11-13,15-16H2,1H3,(H,24,29)(H,25,28). The summed E-state index contributed by atoms with van der Waals surface area (Å²) in [5.74, 6) is -1.16. The second-order valence-electron chi connectivity index (χ2n) is 6.48. The molecule has 2 aromatic carbocycles. The Bertz CT molecular complexity index is 870. The van der Waals surface area contributed by atoms with Crippen LogP contribution in [0.2, 0.25) is 0 Å². The van der Waals surface area contributed by atoms with Gasteiger partial charge in [0.2, 0.25) is 17.7 Å². The van der Waals surface area contributed by atoms with Gasteiger partial charge in [0, 0.05) is 13.5 Å². The van der Waals surface area contributed by atoms with Crippen molar-refractivity contribution in [2.75, 3.05) is 36.9 Å². The number of hydrogen-bond donors (Lipinski definition) is 3. The molecule has 158 valence electrons. The number of hydrogen-bond acceptors (Lipinski definition) is 5. The van der Waals surface area contributed by atoms with Crippen LogP contribution in [-0.4, -0.2) is 50.7 Å². The zero-order valence-electron chi connectivity index (χ0n) is 16.9. The van der Waals surface area contributed by atoms with Crippen LogP contribution in [0.1, 0.15) is 12.0 Å². The van der Waals surface area contributed by atoms with Crippen molar-refractivity contribution in [2.45, 2.75) is 12.8 Å². The van der Waals surface area contributed by atoms with Crippen LogP contribution in [0, 0.1) is 0 Å². The summed E-state index contributed by atoms with van der Waals surface area (Å²) in [6.45, 7) is -0.650. The molecule has 0 spiro atoms. The smallest absolute Gasteiger partial charge is 0.246 e. The van der Waals surface area contributed by atoms with Crippen LogP contribution >= 0.6 is 0 Å². The van der Waals surface area contributed by atoms with Crippen molar-refractivity contribution in [3.05, 3.63) is 60.2 Å². The lowest BCUT2D eigenvalue weighted by Crippen LogP contribution is -2.45. The molecule has 30 heavy (non-hydrogen) atoms. The predicted molar refractivity (Wildman–Crippen MR) is 115 cm³/mol. The van der Waals surface area contributed by atoms with Gasteiger partial charge in [-0.3, -0.25) is 19.3 Å². The van der Waals surface area contributed by atoms with E-state index in [0.717, 1.165) is 5.56 Å². The fourth-order valence-electron chi connectivity index (χ4n) is 2.84. The number of benzene rings is 2. The molecule has 8 heteroatoms. The van der Waals surface area contributed by atoms with E-state index < -0.39 is 11.8 Å². The second-order valence-corrected chi connectivity index (χ2v) is 6.48. The maximum absolute atomic E-state index is 12.8. The summed E-state index contributed by atoms with van der Waals surface area (Å²) in [6.07, 6.45) is 1.39. The number of carbonyl (C=O) groups excluding carboxylic acids is 4. The molecule has 3 amide bonds. The molecule has 0 radical (unpaired) electrons. The molecule has 0 saturated carbocycles. The Labute approximate surface area is 175 Å². The van der Waals surface area contributed by atoms with Gasteiger partial charge in [-0.15, -0.1) is 0 Å². The predicted octanol–water partition coefficient (Wildman–Crippen LogP) is 1.13. The normalized spacial score (nSPS) is 10.0. The molecule has 3 N–H and O–H groups in total. The van der Waals surface area contributed by atoms with E-state index in [4.69, 9.17) is 0 Å². The van der Waals surface area contributed by atoms with Crippen LogP contribution in [0.15, 0.2) is 54.6 Å². The number of nitrogens with one attached hydrogen (secondary N) is 3. The van der Waals surface area contributed by atoms with Crippen LogP contribution in [0.25, 0.3) is 0 Å². The SMILES string of the molecule is CNc1ccccc1N(CC(=O)NCC=O)C(=O)CNC(=O)CCc1ccccc1. The topological polar surface area (TPSA) is 108 Å². The highest BCUT2D eigenvalue weighted by molar-refractivity contribution is 6.03. The fraction of sp³-hybridized carbons (Fsp3) is 0.273. The third kappa shape index (κ3) is 7.05. The number of para-hydroxylation sites is 2. The van der Waals surface area contributed by atoms with Crippen molar-refractivity contribution in [1.29, 1.82) is 0 Å². The molecular weight excluding hydrogens is 384 g/mol. The van der Waals surface area contributed by atoms with Crippen molar-refractivity contribution >= 4 is 35.4 Å². The van der Waals surface area contributed by atoms with Gasteiger partial charge < -0.3 is 20.7 Å². The van der Waals surface area contributed by atoms with Crippen molar-refractivity contribution in [2.24, 2.45) is 0 Å². The minimum Gasteiger partial charge on any atom is -0.386 e. The second kappa shape index (κ2) is 12.0. The van der Waals surface area contributed by atoms with Crippen molar-refractivity contribution < 1.29 is 19.2 Å². The van der Waals surface area contributed by atoms with E-state index in [1.165, 1.54) is 4.90 Å². The summed E-state index contributed by atoms with van der Waals surface area (Å²) in [6, 6.07) is 16.6. The van der Waals surface area contributed by atoms with E-state index in [9.17, 15) is 19.2 Å². The molecule has 2 rings (SSSR count). The molecule has 8 nitrogen and oxygen atoms in total. The summed E-state index contributed by atoms with van der Waals surface area (Å²) in [5.41, 5.74) is 2.20. The maximum Gasteiger partial charge on any atom is 0.246 e. The highest BCUT2D eigenvalue weighted by Crippen LogP contribution is 2.25. The number of amides is 3. The van der Waals surface area contributed by atoms with Crippen LogP contribution in [0.5, 0.6) is 0 Å². The summed E-state index contributed by atoms with van der Waals surface area (Å²) < 4.78 is 0. The molecule has 0 aliphatic carbocycles. The Balaban J connectivity index is 2.01. The minimum absolute atomic E-state index is 0.134. The molecule has 0 aliphatic rings. The van der Waals surface area contributed by atoms with Gasteiger partial charge >= 0.3 is 0 Å². The lowest BCUT2D eigenvalue weighted by Gasteiger charge is -2.24. The molecule has 0 saturated heterocycles. The first-order chi connectivity index (χ1) is 14.5. The first kappa shape index (κ1) is 22.6. The van der Waals surface area contributed by atoms with E-state index in [-0.39, 0.29) is 32.0 Å². The van der Waals surface area contributed by atoms with Gasteiger partial charge in [-0.05, 0) is 24.1 Å². The Morgan fingerprint density at radius 2 is 1.63 bits per heavy atom. The summed E-state index contributed by atoms with van der Waals surface area (Å²) >= 11 is 0. The molecule has 0 atom stereocenters. The van der Waals surface area contributed by atoms with Crippen molar-refractivity contribution in [1.82, 2.24) is 10.6 Å². The number of rotatable bonds is 11. The largest absolute Gasteiger partial charge is 0.386 e. The van der Waals surface area contributed by atoms with Gasteiger partial charge in [0.15, 0.2) is 0 Å². The van der Waals surface area contributed by atoms with Crippen molar-refractivity contribution in [3.8, 4) is 0 Å². The molecule has 0 aliphatic heterocycles. The van der Waals surface area contributed by atoms with E-state index in [1.54, 1.807) is 31.3 Å². The zero-order chi connectivity index (χ0) is 21.8. The van der Waals surface area contributed by atoms with Crippen LogP contribution in [0.3, 0.4) is 0 Å². The van der Waals surface area contributed by atoms with Gasteiger partial charge in [0.05, 0.1) is 24.5 Å². The zero-order valence-corrected chi connectivity index (χ0v) is 16.9. The number of aryl methyl sites for hydroxylation is 1. The molecule has 0 bridgehead atoms. The Morgan fingerprint density at radius 3 is 2.33 bits per heavy atom. The quantitative estimate of drug-likeness (QED) is 0.481. The van der Waals surface area contributed by atoms with E-state index in [2.05, 4.69) is 16.0 Å². The lowest BCUT2D eigenvalue weighted by molar-refractivity contribution is -0.126. The van der Waals surface area contributed by atoms with E-state index >= 15 is 0 Å². The van der Waals surface area contributed by atoms with E-state index in [1.807, 2.05) is 30.3 Å².